The second-order valence-electron chi connectivity index (χ2n) is 12.0. The van der Waals surface area contributed by atoms with Crippen LogP contribution in [0.5, 0.6) is 11.5 Å². The molecular formula is C39H48N2O5. The molecule has 0 bridgehead atoms. The molecule has 0 radical (unpaired) electrons. The van der Waals surface area contributed by atoms with Gasteiger partial charge in [-0.3, -0.25) is 9.36 Å². The molecule has 0 fully saturated rings. The molecule has 1 unspecified atom stereocenters. The predicted octanol–water partition coefficient (Wildman–Crippen LogP) is 8.16. The highest BCUT2D eigenvalue weighted by Crippen LogP contribution is 2.36. The van der Waals surface area contributed by atoms with Crippen LogP contribution in [0.4, 0.5) is 0 Å². The third-order valence-corrected chi connectivity index (χ3v) is 8.36. The fourth-order valence-corrected chi connectivity index (χ4v) is 5.97. The Hall–Kier alpha value is -4.39. The van der Waals surface area contributed by atoms with Crippen molar-refractivity contribution in [2.45, 2.75) is 98.5 Å². The fourth-order valence-electron chi connectivity index (χ4n) is 5.97. The minimum atomic E-state index is -1.56. The van der Waals surface area contributed by atoms with Crippen molar-refractivity contribution in [2.24, 2.45) is 0 Å². The molecule has 7 nitrogen and oxygen atoms in total. The molecule has 46 heavy (non-hydrogen) atoms. The van der Waals surface area contributed by atoms with E-state index in [4.69, 9.17) is 14.5 Å². The molecular weight excluding hydrogens is 576 g/mol. The zero-order chi connectivity index (χ0) is 33.3. The summed E-state index contributed by atoms with van der Waals surface area (Å²) in [4.78, 5) is 32.0. The summed E-state index contributed by atoms with van der Waals surface area (Å²) in [5, 5.41) is 10.4. The average molecular weight is 625 g/mol. The van der Waals surface area contributed by atoms with E-state index < -0.39 is 11.6 Å². The van der Waals surface area contributed by atoms with Crippen molar-refractivity contribution in [1.82, 2.24) is 9.55 Å². The number of unbranched alkanes of at least 4 members (excludes halogenated alkanes) is 1. The number of hydrogen-bond donors (Lipinski definition) is 1. The van der Waals surface area contributed by atoms with Crippen LogP contribution in [0.3, 0.4) is 0 Å². The first kappa shape index (κ1) is 34.5. The summed E-state index contributed by atoms with van der Waals surface area (Å²) in [6, 6.07) is 20.8. The lowest BCUT2D eigenvalue weighted by Crippen LogP contribution is -2.39. The number of aryl methyl sites for hydroxylation is 4. The molecule has 0 saturated carbocycles. The molecule has 4 rings (SSSR count). The van der Waals surface area contributed by atoms with Gasteiger partial charge < -0.3 is 14.6 Å². The second-order valence-corrected chi connectivity index (χ2v) is 12.0. The molecule has 1 atom stereocenters. The summed E-state index contributed by atoms with van der Waals surface area (Å²) in [7, 11) is 0. The van der Waals surface area contributed by atoms with Gasteiger partial charge in [-0.15, -0.1) is 0 Å². The van der Waals surface area contributed by atoms with Gasteiger partial charge in [-0.2, -0.15) is 0 Å². The van der Waals surface area contributed by atoms with Crippen molar-refractivity contribution < 1.29 is 19.4 Å². The van der Waals surface area contributed by atoms with Crippen molar-refractivity contribution >= 4 is 5.97 Å². The third kappa shape index (κ3) is 7.69. The Balaban J connectivity index is 1.85. The van der Waals surface area contributed by atoms with E-state index in [0.29, 0.717) is 35.7 Å². The quantitative estimate of drug-likeness (QED) is 0.135. The number of aliphatic carboxylic acids is 1. The summed E-state index contributed by atoms with van der Waals surface area (Å²) in [6.07, 6.45) is 6.24. The van der Waals surface area contributed by atoms with Crippen molar-refractivity contribution in [3.8, 4) is 17.2 Å². The molecule has 244 valence electrons. The zero-order valence-corrected chi connectivity index (χ0v) is 28.2. The van der Waals surface area contributed by atoms with Crippen LogP contribution in [0.25, 0.3) is 5.69 Å². The van der Waals surface area contributed by atoms with E-state index in [0.717, 1.165) is 78.8 Å². The molecule has 0 aliphatic carbocycles. The van der Waals surface area contributed by atoms with Gasteiger partial charge in [0, 0.05) is 17.5 Å². The fraction of sp³-hybridized carbons (Fsp3) is 0.410. The maximum Gasteiger partial charge on any atom is 0.352 e. The van der Waals surface area contributed by atoms with Gasteiger partial charge >= 0.3 is 5.97 Å². The van der Waals surface area contributed by atoms with Crippen LogP contribution in [0.15, 0.2) is 71.5 Å². The van der Waals surface area contributed by atoms with Gasteiger partial charge in [0.05, 0.1) is 18.0 Å². The number of aromatic nitrogens is 2. The van der Waals surface area contributed by atoms with Gasteiger partial charge in [0.2, 0.25) is 5.60 Å². The number of hydrogen-bond acceptors (Lipinski definition) is 5. The van der Waals surface area contributed by atoms with E-state index >= 15 is 0 Å². The first-order chi connectivity index (χ1) is 22.2. The molecule has 0 saturated heterocycles. The summed E-state index contributed by atoms with van der Waals surface area (Å²) < 4.78 is 13.9. The Bertz CT molecular complexity index is 1650. The molecule has 0 aliphatic heterocycles. The Morgan fingerprint density at radius 1 is 0.891 bits per heavy atom. The number of carboxylic acids is 1. The standard InChI is InChI=1S/C39H48N2O5/c1-7-11-19-35-34(37(42)41(27(5)40-35)32-20-22-33(23-21-32)45-10-4)26-28-24-29(15-8-2)36(30(25-28)16-9-3)46-39(6,38(43)44)31-17-13-12-14-18-31/h12-14,17-18,20-25H,7-11,15-16,19,26H2,1-6H3,(H,43,44). The molecule has 3 aromatic carbocycles. The summed E-state index contributed by atoms with van der Waals surface area (Å²) in [6.45, 7) is 12.4. The van der Waals surface area contributed by atoms with Gasteiger partial charge in [-0.25, -0.2) is 9.78 Å². The lowest BCUT2D eigenvalue weighted by molar-refractivity contribution is -0.154. The average Bonchev–Trinajstić information content (AvgIpc) is 3.04. The molecule has 1 heterocycles. The van der Waals surface area contributed by atoms with Crippen LogP contribution in [0.2, 0.25) is 0 Å². The van der Waals surface area contributed by atoms with Gasteiger partial charge in [-0.05, 0) is 87.4 Å². The van der Waals surface area contributed by atoms with Crippen LogP contribution in [0, 0.1) is 6.92 Å². The highest BCUT2D eigenvalue weighted by atomic mass is 16.5. The van der Waals surface area contributed by atoms with Crippen molar-refractivity contribution in [2.75, 3.05) is 6.61 Å². The summed E-state index contributed by atoms with van der Waals surface area (Å²) >= 11 is 0. The smallest absolute Gasteiger partial charge is 0.352 e. The van der Waals surface area contributed by atoms with E-state index in [1.165, 1.54) is 0 Å². The Morgan fingerprint density at radius 2 is 1.52 bits per heavy atom. The van der Waals surface area contributed by atoms with Crippen molar-refractivity contribution in [3.05, 3.63) is 116 Å². The first-order valence-electron chi connectivity index (χ1n) is 16.6. The number of nitrogens with zero attached hydrogens (tertiary/aromatic N) is 2. The van der Waals surface area contributed by atoms with E-state index in [9.17, 15) is 14.7 Å². The van der Waals surface area contributed by atoms with Crippen LogP contribution in [0.1, 0.15) is 99.6 Å². The molecule has 1 aromatic heterocycles. The molecule has 4 aromatic rings. The maximum atomic E-state index is 14.3. The maximum absolute atomic E-state index is 14.3. The Labute approximate surface area is 273 Å². The summed E-state index contributed by atoms with van der Waals surface area (Å²) in [5.74, 6) is 0.986. The number of ether oxygens (including phenoxy) is 2. The van der Waals surface area contributed by atoms with Crippen LogP contribution in [-0.2, 0) is 36.1 Å². The minimum Gasteiger partial charge on any atom is -0.494 e. The predicted molar refractivity (Wildman–Crippen MR) is 184 cm³/mol. The van der Waals surface area contributed by atoms with Crippen LogP contribution in [-0.4, -0.2) is 27.2 Å². The zero-order valence-electron chi connectivity index (χ0n) is 28.2. The van der Waals surface area contributed by atoms with E-state index in [1.54, 1.807) is 23.6 Å². The molecule has 1 N–H and O–H groups in total. The lowest BCUT2D eigenvalue weighted by Gasteiger charge is -2.30. The minimum absolute atomic E-state index is 0.0697. The third-order valence-electron chi connectivity index (χ3n) is 8.36. The summed E-state index contributed by atoms with van der Waals surface area (Å²) in [5.41, 5.74) is 4.12. The topological polar surface area (TPSA) is 90.7 Å². The Morgan fingerprint density at radius 3 is 2.07 bits per heavy atom. The largest absolute Gasteiger partial charge is 0.494 e. The van der Waals surface area contributed by atoms with Gasteiger partial charge in [0.1, 0.15) is 17.3 Å². The Kier molecular flexibility index (Phi) is 11.8. The highest BCUT2D eigenvalue weighted by Gasteiger charge is 2.39. The van der Waals surface area contributed by atoms with Crippen LogP contribution >= 0.6 is 0 Å². The van der Waals surface area contributed by atoms with Gasteiger partial charge in [-0.1, -0.05) is 82.5 Å². The van der Waals surface area contributed by atoms with E-state index in [2.05, 4.69) is 32.9 Å². The normalized spacial score (nSPS) is 12.5. The monoisotopic (exact) mass is 624 g/mol. The number of benzene rings is 3. The number of rotatable bonds is 16. The van der Waals surface area contributed by atoms with Crippen molar-refractivity contribution in [1.29, 1.82) is 0 Å². The second kappa shape index (κ2) is 15.7. The molecule has 0 amide bonds. The molecule has 7 heteroatoms. The van der Waals surface area contributed by atoms with E-state index in [-0.39, 0.29) is 5.56 Å². The molecule has 0 spiro atoms. The number of carboxylic acid groups (broad SMARTS) is 1. The highest BCUT2D eigenvalue weighted by molar-refractivity contribution is 5.79. The van der Waals surface area contributed by atoms with Gasteiger partial charge in [0.25, 0.3) is 5.56 Å². The number of carbonyl (C=O) groups is 1. The van der Waals surface area contributed by atoms with Crippen LogP contribution < -0.4 is 15.0 Å². The molecule has 0 aliphatic rings. The van der Waals surface area contributed by atoms with E-state index in [1.807, 2.05) is 56.3 Å². The lowest BCUT2D eigenvalue weighted by atomic mass is 9.92. The first-order valence-corrected chi connectivity index (χ1v) is 16.6. The SMILES string of the molecule is CCCCc1nc(C)n(-c2ccc(OCC)cc2)c(=O)c1Cc1cc(CCC)c(OC(C)(C(=O)O)c2ccccc2)c(CCC)c1. The van der Waals surface area contributed by atoms with Gasteiger partial charge in [0.15, 0.2) is 0 Å². The van der Waals surface area contributed by atoms with Crippen molar-refractivity contribution in [3.63, 3.8) is 0 Å².